The maximum Gasteiger partial charge on any atom is 0.316 e. The Bertz CT molecular complexity index is 608. The molecule has 0 saturated carbocycles. The van der Waals surface area contributed by atoms with Crippen LogP contribution in [0.25, 0.3) is 11.1 Å². The van der Waals surface area contributed by atoms with E-state index < -0.39 is 0 Å². The van der Waals surface area contributed by atoms with Crippen molar-refractivity contribution in [3.63, 3.8) is 0 Å². The summed E-state index contributed by atoms with van der Waals surface area (Å²) in [5.41, 5.74) is 4.22. The van der Waals surface area contributed by atoms with E-state index in [0.717, 1.165) is 11.1 Å². The van der Waals surface area contributed by atoms with Gasteiger partial charge in [-0.25, -0.2) is 5.43 Å². The molecule has 17 heavy (non-hydrogen) atoms. The van der Waals surface area contributed by atoms with Crippen LogP contribution in [-0.4, -0.2) is 11.2 Å². The number of rotatable bonds is 3. The van der Waals surface area contributed by atoms with Gasteiger partial charge in [-0.15, -0.1) is 0 Å². The lowest BCUT2D eigenvalue weighted by Crippen LogP contribution is -1.89. The van der Waals surface area contributed by atoms with E-state index in [2.05, 4.69) is 15.5 Å². The predicted octanol–water partition coefficient (Wildman–Crippen LogP) is 2.87. The summed E-state index contributed by atoms with van der Waals surface area (Å²) in [6.45, 7) is 0. The normalized spacial score (nSPS) is 11.3. The van der Waals surface area contributed by atoms with Gasteiger partial charge in [0.05, 0.1) is 12.5 Å². The highest BCUT2D eigenvalue weighted by atomic mass is 16.4. The van der Waals surface area contributed by atoms with Crippen LogP contribution in [0.1, 0.15) is 5.76 Å². The Kier molecular flexibility index (Phi) is 2.34. The summed E-state index contributed by atoms with van der Waals surface area (Å²) in [7, 11) is 0. The van der Waals surface area contributed by atoms with Crippen LogP contribution >= 0.6 is 0 Å². The lowest BCUT2D eigenvalue weighted by atomic mass is 10.3. The second kappa shape index (κ2) is 4.13. The van der Waals surface area contributed by atoms with Crippen LogP contribution in [0.5, 0.6) is 0 Å². The van der Waals surface area contributed by atoms with Crippen LogP contribution < -0.4 is 5.43 Å². The number of anilines is 1. The van der Waals surface area contributed by atoms with Crippen molar-refractivity contribution in [2.75, 3.05) is 5.43 Å². The quantitative estimate of drug-likeness (QED) is 0.552. The molecule has 0 radical (unpaired) electrons. The Labute approximate surface area is 96.8 Å². The van der Waals surface area contributed by atoms with Crippen molar-refractivity contribution in [1.82, 2.24) is 4.98 Å². The van der Waals surface area contributed by atoms with Crippen LogP contribution in [0.3, 0.4) is 0 Å². The number of furan rings is 1. The topological polar surface area (TPSA) is 63.6 Å². The monoisotopic (exact) mass is 227 g/mol. The number of fused-ring (bicyclic) bond motifs is 1. The van der Waals surface area contributed by atoms with Gasteiger partial charge in [0.15, 0.2) is 5.58 Å². The first-order valence-corrected chi connectivity index (χ1v) is 5.10. The minimum absolute atomic E-state index is 0.356. The Morgan fingerprint density at radius 2 is 2.12 bits per heavy atom. The molecular formula is C12H9N3O2. The van der Waals surface area contributed by atoms with Crippen molar-refractivity contribution < 1.29 is 8.83 Å². The molecule has 84 valence electrons. The van der Waals surface area contributed by atoms with Gasteiger partial charge in [0.25, 0.3) is 0 Å². The van der Waals surface area contributed by atoms with E-state index in [1.54, 1.807) is 24.6 Å². The number of hydrazone groups is 1. The van der Waals surface area contributed by atoms with Gasteiger partial charge in [-0.05, 0) is 24.3 Å². The van der Waals surface area contributed by atoms with E-state index in [9.17, 15) is 0 Å². The summed E-state index contributed by atoms with van der Waals surface area (Å²) >= 11 is 0. The summed E-state index contributed by atoms with van der Waals surface area (Å²) < 4.78 is 10.5. The summed E-state index contributed by atoms with van der Waals surface area (Å²) in [6.07, 6.45) is 3.13. The Morgan fingerprint density at radius 3 is 2.94 bits per heavy atom. The fourth-order valence-corrected chi connectivity index (χ4v) is 1.44. The van der Waals surface area contributed by atoms with Gasteiger partial charge in [-0.3, -0.25) is 0 Å². The van der Waals surface area contributed by atoms with Crippen molar-refractivity contribution >= 4 is 23.3 Å². The van der Waals surface area contributed by atoms with Crippen LogP contribution in [0.15, 0.2) is 56.6 Å². The van der Waals surface area contributed by atoms with E-state index in [-0.39, 0.29) is 0 Å². The van der Waals surface area contributed by atoms with Gasteiger partial charge < -0.3 is 8.83 Å². The first-order chi connectivity index (χ1) is 8.42. The number of para-hydroxylation sites is 2. The summed E-state index contributed by atoms with van der Waals surface area (Å²) in [6, 6.07) is 11.5. The van der Waals surface area contributed by atoms with Gasteiger partial charge in [-0.1, -0.05) is 12.1 Å². The van der Waals surface area contributed by atoms with Crippen molar-refractivity contribution in [1.29, 1.82) is 0 Å². The zero-order valence-corrected chi connectivity index (χ0v) is 8.83. The van der Waals surface area contributed by atoms with E-state index in [4.69, 9.17) is 8.83 Å². The van der Waals surface area contributed by atoms with Crippen LogP contribution in [0.2, 0.25) is 0 Å². The molecule has 5 nitrogen and oxygen atoms in total. The molecule has 3 rings (SSSR count). The van der Waals surface area contributed by atoms with Crippen LogP contribution in [0, 0.1) is 0 Å². The van der Waals surface area contributed by atoms with Gasteiger partial charge >= 0.3 is 6.01 Å². The molecule has 3 aromatic rings. The molecule has 0 fully saturated rings. The summed E-state index contributed by atoms with van der Waals surface area (Å²) in [5, 5.41) is 3.95. The molecule has 1 aromatic carbocycles. The molecule has 0 unspecified atom stereocenters. The molecule has 2 aromatic heterocycles. The third-order valence-electron chi connectivity index (χ3n) is 2.19. The maximum atomic E-state index is 5.42. The molecule has 0 amide bonds. The van der Waals surface area contributed by atoms with E-state index in [0.29, 0.717) is 11.8 Å². The number of benzene rings is 1. The maximum absolute atomic E-state index is 5.42. The molecule has 2 heterocycles. The second-order valence-electron chi connectivity index (χ2n) is 3.37. The standard InChI is InChI=1S/C12H9N3O2/c1-2-6-11-10(5-1)14-12(17-11)15-13-8-9-4-3-7-16-9/h1-8H,(H,14,15)/b13-8+. The molecule has 0 saturated heterocycles. The number of hydrogen-bond acceptors (Lipinski definition) is 5. The molecule has 0 aliphatic rings. The number of nitrogens with zero attached hydrogens (tertiary/aromatic N) is 2. The van der Waals surface area contributed by atoms with Gasteiger partial charge in [0, 0.05) is 0 Å². The first kappa shape index (κ1) is 9.65. The Hall–Kier alpha value is -2.56. The molecule has 0 bridgehead atoms. The zero-order valence-electron chi connectivity index (χ0n) is 8.83. The van der Waals surface area contributed by atoms with E-state index in [1.807, 2.05) is 24.3 Å². The predicted molar refractivity (Wildman–Crippen MR) is 63.9 cm³/mol. The summed E-state index contributed by atoms with van der Waals surface area (Å²) in [4.78, 5) is 4.21. The number of oxazole rings is 1. The SMILES string of the molecule is C(=N\Nc1nc2ccccc2o1)/c1ccco1. The smallest absolute Gasteiger partial charge is 0.316 e. The molecule has 5 heteroatoms. The van der Waals surface area contributed by atoms with E-state index in [1.165, 1.54) is 0 Å². The number of nitrogens with one attached hydrogen (secondary N) is 1. The van der Waals surface area contributed by atoms with Crippen LogP contribution in [-0.2, 0) is 0 Å². The van der Waals surface area contributed by atoms with Gasteiger partial charge in [-0.2, -0.15) is 10.1 Å². The minimum Gasteiger partial charge on any atom is -0.463 e. The Morgan fingerprint density at radius 1 is 1.18 bits per heavy atom. The van der Waals surface area contributed by atoms with Gasteiger partial charge in [0.2, 0.25) is 0 Å². The van der Waals surface area contributed by atoms with Crippen molar-refractivity contribution in [3.8, 4) is 0 Å². The highest BCUT2D eigenvalue weighted by Crippen LogP contribution is 2.17. The molecule has 0 atom stereocenters. The fraction of sp³-hybridized carbons (Fsp3) is 0. The lowest BCUT2D eigenvalue weighted by molar-refractivity contribution is 0.560. The molecule has 0 aliphatic carbocycles. The van der Waals surface area contributed by atoms with Crippen molar-refractivity contribution in [2.24, 2.45) is 5.10 Å². The molecular weight excluding hydrogens is 218 g/mol. The average molecular weight is 227 g/mol. The summed E-state index contributed by atoms with van der Waals surface area (Å²) in [5.74, 6) is 0.661. The molecule has 0 spiro atoms. The first-order valence-electron chi connectivity index (χ1n) is 5.10. The zero-order chi connectivity index (χ0) is 11.5. The molecule has 1 N–H and O–H groups in total. The third-order valence-corrected chi connectivity index (χ3v) is 2.19. The second-order valence-corrected chi connectivity index (χ2v) is 3.37. The average Bonchev–Trinajstić information content (AvgIpc) is 2.96. The lowest BCUT2D eigenvalue weighted by Gasteiger charge is -1.89. The van der Waals surface area contributed by atoms with Gasteiger partial charge in [0.1, 0.15) is 11.3 Å². The van der Waals surface area contributed by atoms with Crippen molar-refractivity contribution in [2.45, 2.75) is 0 Å². The minimum atomic E-state index is 0.356. The van der Waals surface area contributed by atoms with Crippen molar-refractivity contribution in [3.05, 3.63) is 48.4 Å². The van der Waals surface area contributed by atoms with Crippen LogP contribution in [0.4, 0.5) is 6.01 Å². The molecule has 0 aliphatic heterocycles. The third kappa shape index (κ3) is 2.03. The highest BCUT2D eigenvalue weighted by molar-refractivity contribution is 5.77. The fourth-order valence-electron chi connectivity index (χ4n) is 1.44. The number of aromatic nitrogens is 1. The van der Waals surface area contributed by atoms with E-state index >= 15 is 0 Å². The number of hydrogen-bond donors (Lipinski definition) is 1. The Balaban J connectivity index is 1.77. The highest BCUT2D eigenvalue weighted by Gasteiger charge is 2.02. The largest absolute Gasteiger partial charge is 0.463 e.